The minimum atomic E-state index is -1.10. The van der Waals surface area contributed by atoms with Crippen molar-refractivity contribution in [1.82, 2.24) is 5.32 Å². The van der Waals surface area contributed by atoms with Crippen molar-refractivity contribution in [2.45, 2.75) is 19.4 Å². The monoisotopic (exact) mass is 276 g/mol. The van der Waals surface area contributed by atoms with Crippen molar-refractivity contribution >= 4 is 17.7 Å². The molecule has 0 heterocycles. The number of amides is 2. The van der Waals surface area contributed by atoms with Crippen LogP contribution in [0.2, 0.25) is 0 Å². The van der Waals surface area contributed by atoms with Gasteiger partial charge in [0.25, 0.3) is 0 Å². The fraction of sp³-hybridized carbons (Fsp3) is 0.286. The molecule has 0 saturated carbocycles. The average molecular weight is 276 g/mol. The lowest BCUT2D eigenvalue weighted by molar-refractivity contribution is 0.0693. The van der Waals surface area contributed by atoms with E-state index in [4.69, 9.17) is 16.3 Å². The Balaban J connectivity index is 2.76. The van der Waals surface area contributed by atoms with Crippen LogP contribution in [0.4, 0.5) is 10.5 Å². The SMILES string of the molecule is C#CCC(C)NC(=O)Nc1ccc(C(=O)O)c(OC)c1. The first kappa shape index (κ1) is 15.4. The number of anilines is 1. The second-order valence-corrected chi connectivity index (χ2v) is 4.13. The first-order valence-electron chi connectivity index (χ1n) is 5.90. The van der Waals surface area contributed by atoms with Gasteiger partial charge in [-0.25, -0.2) is 9.59 Å². The van der Waals surface area contributed by atoms with Gasteiger partial charge in [0.15, 0.2) is 0 Å². The number of terminal acetylenes is 1. The standard InChI is InChI=1S/C14H16N2O4/c1-4-5-9(2)15-14(19)16-10-6-7-11(13(17)18)12(8-10)20-3/h1,6-9H,5H2,2-3H3,(H,17,18)(H2,15,16,19). The first-order chi connectivity index (χ1) is 9.47. The summed E-state index contributed by atoms with van der Waals surface area (Å²) >= 11 is 0. The van der Waals surface area contributed by atoms with Gasteiger partial charge in [0.05, 0.1) is 7.11 Å². The minimum absolute atomic E-state index is 0.0270. The molecule has 0 aliphatic rings. The van der Waals surface area contributed by atoms with Crippen LogP contribution in [0.25, 0.3) is 0 Å². The number of carbonyl (C=O) groups is 2. The zero-order chi connectivity index (χ0) is 15.1. The van der Waals surface area contributed by atoms with Crippen LogP contribution in [-0.4, -0.2) is 30.3 Å². The third-order valence-electron chi connectivity index (χ3n) is 2.49. The number of rotatable bonds is 5. The Morgan fingerprint density at radius 1 is 1.50 bits per heavy atom. The molecular formula is C14H16N2O4. The van der Waals surface area contributed by atoms with Crippen LogP contribution in [0, 0.1) is 12.3 Å². The summed E-state index contributed by atoms with van der Waals surface area (Å²) in [6, 6.07) is 3.71. The topological polar surface area (TPSA) is 87.7 Å². The molecule has 0 bridgehead atoms. The van der Waals surface area contributed by atoms with E-state index in [1.165, 1.54) is 25.3 Å². The Morgan fingerprint density at radius 2 is 2.20 bits per heavy atom. The van der Waals surface area contributed by atoms with Crippen molar-refractivity contribution < 1.29 is 19.4 Å². The maximum atomic E-state index is 11.7. The fourth-order valence-corrected chi connectivity index (χ4v) is 1.56. The maximum absolute atomic E-state index is 11.7. The Hall–Kier alpha value is -2.68. The van der Waals surface area contributed by atoms with Gasteiger partial charge in [-0.2, -0.15) is 0 Å². The van der Waals surface area contributed by atoms with E-state index in [1.807, 2.05) is 0 Å². The second kappa shape index (κ2) is 7.04. The average Bonchev–Trinajstić information content (AvgIpc) is 2.38. The van der Waals surface area contributed by atoms with Crippen molar-refractivity contribution in [3.05, 3.63) is 23.8 Å². The van der Waals surface area contributed by atoms with Crippen LogP contribution in [0.5, 0.6) is 5.75 Å². The Bertz CT molecular complexity index is 549. The van der Waals surface area contributed by atoms with Crippen LogP contribution < -0.4 is 15.4 Å². The van der Waals surface area contributed by atoms with Gasteiger partial charge < -0.3 is 20.5 Å². The summed E-state index contributed by atoms with van der Waals surface area (Å²) < 4.78 is 4.97. The van der Waals surface area contributed by atoms with Gasteiger partial charge in [0, 0.05) is 24.2 Å². The number of carbonyl (C=O) groups excluding carboxylic acids is 1. The van der Waals surface area contributed by atoms with E-state index in [-0.39, 0.29) is 17.4 Å². The smallest absolute Gasteiger partial charge is 0.339 e. The highest BCUT2D eigenvalue weighted by atomic mass is 16.5. The Labute approximate surface area is 117 Å². The molecule has 1 aromatic rings. The quantitative estimate of drug-likeness (QED) is 0.717. The van der Waals surface area contributed by atoms with Crippen molar-refractivity contribution in [2.24, 2.45) is 0 Å². The van der Waals surface area contributed by atoms with E-state index in [9.17, 15) is 9.59 Å². The first-order valence-corrected chi connectivity index (χ1v) is 5.90. The van der Waals surface area contributed by atoms with E-state index in [2.05, 4.69) is 16.6 Å². The zero-order valence-corrected chi connectivity index (χ0v) is 11.3. The van der Waals surface area contributed by atoms with Gasteiger partial charge in [-0.15, -0.1) is 12.3 Å². The molecule has 0 spiro atoms. The normalized spacial score (nSPS) is 11.1. The molecule has 0 aliphatic heterocycles. The molecule has 1 unspecified atom stereocenters. The molecule has 106 valence electrons. The number of carboxylic acid groups (broad SMARTS) is 1. The summed E-state index contributed by atoms with van der Waals surface area (Å²) in [5.41, 5.74) is 0.455. The molecule has 1 rings (SSSR count). The highest BCUT2D eigenvalue weighted by Gasteiger charge is 2.12. The van der Waals surface area contributed by atoms with Crippen LogP contribution in [0.15, 0.2) is 18.2 Å². The third-order valence-corrected chi connectivity index (χ3v) is 2.49. The summed E-state index contributed by atoms with van der Waals surface area (Å²) in [6.45, 7) is 1.79. The number of hydrogen-bond acceptors (Lipinski definition) is 3. The molecule has 6 nitrogen and oxygen atoms in total. The molecule has 1 aromatic carbocycles. The van der Waals surface area contributed by atoms with E-state index < -0.39 is 12.0 Å². The van der Waals surface area contributed by atoms with Crippen molar-refractivity contribution in [1.29, 1.82) is 0 Å². The van der Waals surface area contributed by atoms with E-state index in [0.717, 1.165) is 0 Å². The number of urea groups is 1. The molecule has 2 amide bonds. The van der Waals surface area contributed by atoms with Crippen molar-refractivity contribution in [3.8, 4) is 18.1 Å². The number of ether oxygens (including phenoxy) is 1. The van der Waals surface area contributed by atoms with E-state index >= 15 is 0 Å². The molecule has 0 saturated heterocycles. The predicted molar refractivity (Wildman–Crippen MR) is 75.0 cm³/mol. The van der Waals surface area contributed by atoms with Crippen LogP contribution >= 0.6 is 0 Å². The molecule has 0 fully saturated rings. The molecule has 3 N–H and O–H groups in total. The molecule has 0 aliphatic carbocycles. The second-order valence-electron chi connectivity index (χ2n) is 4.13. The fourth-order valence-electron chi connectivity index (χ4n) is 1.56. The lowest BCUT2D eigenvalue weighted by atomic mass is 10.2. The molecule has 6 heteroatoms. The van der Waals surface area contributed by atoms with Crippen LogP contribution in [0.1, 0.15) is 23.7 Å². The molecule has 0 aromatic heterocycles. The molecule has 1 atom stereocenters. The summed E-state index contributed by atoms with van der Waals surface area (Å²) in [5.74, 6) is 1.52. The van der Waals surface area contributed by atoms with Crippen molar-refractivity contribution in [2.75, 3.05) is 12.4 Å². The predicted octanol–water partition coefficient (Wildman–Crippen LogP) is 1.93. The van der Waals surface area contributed by atoms with Gasteiger partial charge >= 0.3 is 12.0 Å². The maximum Gasteiger partial charge on any atom is 0.339 e. The lowest BCUT2D eigenvalue weighted by Gasteiger charge is -2.13. The summed E-state index contributed by atoms with van der Waals surface area (Å²) in [5, 5.41) is 14.2. The van der Waals surface area contributed by atoms with Gasteiger partial charge in [-0.05, 0) is 19.1 Å². The lowest BCUT2D eigenvalue weighted by Crippen LogP contribution is -2.35. The number of methoxy groups -OCH3 is 1. The molecule has 20 heavy (non-hydrogen) atoms. The third kappa shape index (κ3) is 4.21. The van der Waals surface area contributed by atoms with Gasteiger partial charge in [-0.1, -0.05) is 0 Å². The summed E-state index contributed by atoms with van der Waals surface area (Å²) in [7, 11) is 1.36. The number of hydrogen-bond donors (Lipinski definition) is 3. The van der Waals surface area contributed by atoms with Crippen LogP contribution in [-0.2, 0) is 0 Å². The highest BCUT2D eigenvalue weighted by Crippen LogP contribution is 2.23. The minimum Gasteiger partial charge on any atom is -0.496 e. The van der Waals surface area contributed by atoms with Crippen molar-refractivity contribution in [3.63, 3.8) is 0 Å². The van der Waals surface area contributed by atoms with E-state index in [0.29, 0.717) is 12.1 Å². The summed E-state index contributed by atoms with van der Waals surface area (Å²) in [4.78, 5) is 22.6. The largest absolute Gasteiger partial charge is 0.496 e. The zero-order valence-electron chi connectivity index (χ0n) is 11.3. The van der Waals surface area contributed by atoms with E-state index in [1.54, 1.807) is 6.92 Å². The Morgan fingerprint density at radius 3 is 2.75 bits per heavy atom. The molecular weight excluding hydrogens is 260 g/mol. The number of nitrogens with one attached hydrogen (secondary N) is 2. The number of carboxylic acids is 1. The Kier molecular flexibility index (Phi) is 5.42. The number of benzene rings is 1. The number of aromatic carboxylic acids is 1. The van der Waals surface area contributed by atoms with Crippen LogP contribution in [0.3, 0.4) is 0 Å². The van der Waals surface area contributed by atoms with Gasteiger partial charge in [0.2, 0.25) is 0 Å². The summed E-state index contributed by atoms with van der Waals surface area (Å²) in [6.07, 6.45) is 5.57. The highest BCUT2D eigenvalue weighted by molar-refractivity contribution is 5.94. The molecule has 0 radical (unpaired) electrons. The van der Waals surface area contributed by atoms with Gasteiger partial charge in [-0.3, -0.25) is 0 Å². The van der Waals surface area contributed by atoms with Gasteiger partial charge in [0.1, 0.15) is 11.3 Å².